The highest BCUT2D eigenvalue weighted by molar-refractivity contribution is 9.10. The molecule has 0 aromatic rings. The summed E-state index contributed by atoms with van der Waals surface area (Å²) in [5.74, 6) is 0. The van der Waals surface area contributed by atoms with Gasteiger partial charge in [-0.15, -0.1) is 0 Å². The predicted molar refractivity (Wildman–Crippen MR) is 50.0 cm³/mol. The third-order valence-corrected chi connectivity index (χ3v) is 2.36. The SMILES string of the molecule is O=c1ncc(Br)c2ccn(O)cc1-2. The molecule has 4 nitrogen and oxygen atoms in total. The van der Waals surface area contributed by atoms with E-state index in [1.165, 1.54) is 18.6 Å². The second-order valence-corrected chi connectivity index (χ2v) is 3.42. The van der Waals surface area contributed by atoms with Crippen molar-refractivity contribution in [1.29, 1.82) is 0 Å². The molecule has 0 aromatic carbocycles. The van der Waals surface area contributed by atoms with Crippen LogP contribution in [0.25, 0.3) is 11.1 Å². The summed E-state index contributed by atoms with van der Waals surface area (Å²) < 4.78 is 1.57. The van der Waals surface area contributed by atoms with Crippen molar-refractivity contribution in [3.63, 3.8) is 0 Å². The van der Waals surface area contributed by atoms with Gasteiger partial charge in [-0.3, -0.25) is 4.79 Å². The topological polar surface area (TPSA) is 55.1 Å². The number of rotatable bonds is 0. The van der Waals surface area contributed by atoms with Crippen LogP contribution < -0.4 is 5.56 Å². The zero-order chi connectivity index (χ0) is 9.42. The van der Waals surface area contributed by atoms with Crippen molar-refractivity contribution in [2.75, 3.05) is 0 Å². The van der Waals surface area contributed by atoms with E-state index in [2.05, 4.69) is 20.9 Å². The van der Waals surface area contributed by atoms with Crippen molar-refractivity contribution in [2.24, 2.45) is 0 Å². The molecule has 0 amide bonds. The lowest BCUT2D eigenvalue weighted by Gasteiger charge is -2.06. The molecule has 2 rings (SSSR count). The van der Waals surface area contributed by atoms with Gasteiger partial charge in [0.25, 0.3) is 5.56 Å². The molecule has 0 aromatic heterocycles. The summed E-state index contributed by atoms with van der Waals surface area (Å²) in [6.07, 6.45) is 4.23. The van der Waals surface area contributed by atoms with Crippen molar-refractivity contribution in [3.05, 3.63) is 39.5 Å². The Morgan fingerprint density at radius 3 is 3.00 bits per heavy atom. The molecule has 0 saturated carbocycles. The van der Waals surface area contributed by atoms with E-state index < -0.39 is 0 Å². The minimum atomic E-state index is -0.346. The van der Waals surface area contributed by atoms with Crippen LogP contribution in [-0.4, -0.2) is 14.9 Å². The molecule has 0 bridgehead atoms. The lowest BCUT2D eigenvalue weighted by molar-refractivity contribution is 0.184. The van der Waals surface area contributed by atoms with Crippen molar-refractivity contribution in [2.45, 2.75) is 0 Å². The molecule has 0 saturated heterocycles. The summed E-state index contributed by atoms with van der Waals surface area (Å²) >= 11 is 3.26. The van der Waals surface area contributed by atoms with Crippen LogP contribution in [0.15, 0.2) is 33.9 Å². The molecular formula is C8H5BrN2O2. The van der Waals surface area contributed by atoms with Crippen LogP contribution in [0.1, 0.15) is 0 Å². The number of hydrogen-bond donors (Lipinski definition) is 1. The van der Waals surface area contributed by atoms with Crippen molar-refractivity contribution >= 4 is 15.9 Å². The van der Waals surface area contributed by atoms with Gasteiger partial charge in [-0.1, -0.05) is 0 Å². The minimum absolute atomic E-state index is 0.346. The number of nitrogens with zero attached hydrogens (tertiary/aromatic N) is 2. The highest BCUT2D eigenvalue weighted by atomic mass is 79.9. The second-order valence-electron chi connectivity index (χ2n) is 2.56. The van der Waals surface area contributed by atoms with Gasteiger partial charge in [-0.2, -0.15) is 0 Å². The number of fused-ring (bicyclic) bond motifs is 1. The van der Waals surface area contributed by atoms with E-state index in [4.69, 9.17) is 5.21 Å². The molecule has 0 fully saturated rings. The number of pyridine rings is 2. The summed E-state index contributed by atoms with van der Waals surface area (Å²) in [6.45, 7) is 0. The van der Waals surface area contributed by atoms with Crippen LogP contribution in [-0.2, 0) is 0 Å². The first-order valence-corrected chi connectivity index (χ1v) is 4.33. The highest BCUT2D eigenvalue weighted by Gasteiger charge is 2.10. The van der Waals surface area contributed by atoms with Crippen LogP contribution in [0.3, 0.4) is 0 Å². The minimum Gasteiger partial charge on any atom is -0.429 e. The summed E-state index contributed by atoms with van der Waals surface area (Å²) in [5.41, 5.74) is 0.784. The number of aromatic nitrogens is 2. The van der Waals surface area contributed by atoms with Gasteiger partial charge in [0, 0.05) is 22.4 Å². The van der Waals surface area contributed by atoms with E-state index in [9.17, 15) is 4.79 Å². The van der Waals surface area contributed by atoms with Crippen LogP contribution >= 0.6 is 15.9 Å². The first-order chi connectivity index (χ1) is 6.18. The molecule has 13 heavy (non-hydrogen) atoms. The first-order valence-electron chi connectivity index (χ1n) is 3.54. The molecule has 2 aliphatic heterocycles. The molecule has 0 radical (unpaired) electrons. The summed E-state index contributed by atoms with van der Waals surface area (Å²) in [4.78, 5) is 14.8. The molecule has 5 heteroatoms. The zero-order valence-electron chi connectivity index (χ0n) is 6.44. The molecule has 0 spiro atoms. The standard InChI is InChI=1S/C8H5BrN2O2/c9-7-3-10-8(12)6-4-11(13)2-1-5(6)7/h1-4,13H. The maximum atomic E-state index is 11.2. The molecule has 1 N–H and O–H groups in total. The number of hydrogen-bond acceptors (Lipinski definition) is 3. The Balaban J connectivity index is 2.91. The molecule has 66 valence electrons. The molecule has 0 atom stereocenters. The maximum absolute atomic E-state index is 11.2. The Morgan fingerprint density at radius 1 is 1.46 bits per heavy atom. The van der Waals surface area contributed by atoms with Gasteiger partial charge in [0.1, 0.15) is 0 Å². The van der Waals surface area contributed by atoms with Crippen LogP contribution in [0, 0.1) is 0 Å². The molecule has 0 unspecified atom stereocenters. The third kappa shape index (κ3) is 1.31. The first kappa shape index (κ1) is 8.25. The lowest BCUT2D eigenvalue weighted by Crippen LogP contribution is -2.11. The predicted octanol–water partition coefficient (Wildman–Crippen LogP) is 1.35. The van der Waals surface area contributed by atoms with Gasteiger partial charge in [-0.05, 0) is 22.0 Å². The fourth-order valence-electron chi connectivity index (χ4n) is 1.12. The largest absolute Gasteiger partial charge is 0.429 e. The van der Waals surface area contributed by atoms with E-state index >= 15 is 0 Å². The zero-order valence-corrected chi connectivity index (χ0v) is 8.02. The maximum Gasteiger partial charge on any atom is 0.279 e. The van der Waals surface area contributed by atoms with Gasteiger partial charge >= 0.3 is 0 Å². The smallest absolute Gasteiger partial charge is 0.279 e. The molecule has 2 aliphatic rings. The second kappa shape index (κ2) is 2.85. The van der Waals surface area contributed by atoms with Gasteiger partial charge < -0.3 is 5.21 Å². The van der Waals surface area contributed by atoms with Crippen LogP contribution in [0.2, 0.25) is 0 Å². The van der Waals surface area contributed by atoms with E-state index in [1.807, 2.05) is 0 Å². The molecular weight excluding hydrogens is 236 g/mol. The van der Waals surface area contributed by atoms with E-state index in [0.717, 1.165) is 14.8 Å². The quantitative estimate of drug-likeness (QED) is 0.708. The summed E-state index contributed by atoms with van der Waals surface area (Å²) in [6, 6.07) is 1.64. The fraction of sp³-hybridized carbons (Fsp3) is 0. The summed E-state index contributed by atoms with van der Waals surface area (Å²) in [5, 5.41) is 9.08. The van der Waals surface area contributed by atoms with Gasteiger partial charge in [0.05, 0.1) is 11.8 Å². The van der Waals surface area contributed by atoms with Gasteiger partial charge in [-0.25, -0.2) is 9.71 Å². The normalized spacial score (nSPS) is 10.5. The fourth-order valence-corrected chi connectivity index (χ4v) is 1.57. The lowest BCUT2D eigenvalue weighted by atomic mass is 10.1. The van der Waals surface area contributed by atoms with Crippen molar-refractivity contribution in [1.82, 2.24) is 9.71 Å². The van der Waals surface area contributed by atoms with Gasteiger partial charge in [0.15, 0.2) is 0 Å². The third-order valence-electron chi connectivity index (χ3n) is 1.73. The Labute approximate surface area is 81.9 Å². The van der Waals surface area contributed by atoms with E-state index in [1.54, 1.807) is 6.07 Å². The Bertz CT molecular complexity index is 480. The molecule has 2 heterocycles. The highest BCUT2D eigenvalue weighted by Crippen LogP contribution is 2.24. The van der Waals surface area contributed by atoms with Crippen LogP contribution in [0.4, 0.5) is 0 Å². The van der Waals surface area contributed by atoms with Crippen molar-refractivity contribution < 1.29 is 5.21 Å². The van der Waals surface area contributed by atoms with Crippen molar-refractivity contribution in [3.8, 4) is 11.1 Å². The Kier molecular flexibility index (Phi) is 1.81. The van der Waals surface area contributed by atoms with E-state index in [-0.39, 0.29) is 5.56 Å². The molecule has 0 aliphatic carbocycles. The van der Waals surface area contributed by atoms with Gasteiger partial charge in [0.2, 0.25) is 0 Å². The Hall–Kier alpha value is -1.36. The Morgan fingerprint density at radius 2 is 2.23 bits per heavy atom. The monoisotopic (exact) mass is 240 g/mol. The number of halogens is 1. The van der Waals surface area contributed by atoms with Crippen LogP contribution in [0.5, 0.6) is 0 Å². The van der Waals surface area contributed by atoms with E-state index in [0.29, 0.717) is 5.56 Å². The average Bonchev–Trinajstić information content (AvgIpc) is 2.12. The summed E-state index contributed by atoms with van der Waals surface area (Å²) in [7, 11) is 0. The average molecular weight is 241 g/mol.